The summed E-state index contributed by atoms with van der Waals surface area (Å²) in [6.45, 7) is 4.05. The molecule has 0 heterocycles. The first-order valence-corrected chi connectivity index (χ1v) is 9.07. The molecule has 0 spiro atoms. The van der Waals surface area contributed by atoms with E-state index in [9.17, 15) is 5.26 Å². The monoisotopic (exact) mass is 346 g/mol. The van der Waals surface area contributed by atoms with Gasteiger partial charge in [-0.1, -0.05) is 48.5 Å². The zero-order valence-corrected chi connectivity index (χ0v) is 15.3. The summed E-state index contributed by atoms with van der Waals surface area (Å²) >= 11 is 0. The molecule has 3 aromatic rings. The van der Waals surface area contributed by atoms with Gasteiger partial charge in [-0.15, -0.1) is 0 Å². The molecule has 0 amide bonds. The number of hydrogen-bond donors (Lipinski definition) is 1. The summed E-state index contributed by atoms with van der Waals surface area (Å²) in [6, 6.07) is 23.3. The Bertz CT molecular complexity index is 1380. The Morgan fingerprint density at radius 3 is 2.11 bits per heavy atom. The van der Waals surface area contributed by atoms with Gasteiger partial charge in [0.1, 0.15) is 0 Å². The normalized spacial score (nSPS) is 12.8. The van der Waals surface area contributed by atoms with Crippen LogP contribution in [-0.4, -0.2) is 0 Å². The highest BCUT2D eigenvalue weighted by molar-refractivity contribution is 6.27. The third-order valence-electron chi connectivity index (χ3n) is 5.69. The molecule has 0 fully saturated rings. The van der Waals surface area contributed by atoms with E-state index in [1.807, 2.05) is 19.1 Å². The maximum atomic E-state index is 9.66. The summed E-state index contributed by atoms with van der Waals surface area (Å²) in [5.41, 5.74) is 13.3. The van der Waals surface area contributed by atoms with Crippen LogP contribution in [0.1, 0.15) is 12.5 Å². The minimum Gasteiger partial charge on any atom is -0.399 e. The maximum Gasteiger partial charge on any atom is 0.0950 e. The van der Waals surface area contributed by atoms with Gasteiger partial charge in [-0.25, -0.2) is 0 Å². The Hall–Kier alpha value is -3.57. The molecule has 0 saturated heterocycles. The molecule has 0 unspecified atom stereocenters. The Morgan fingerprint density at radius 1 is 0.852 bits per heavy atom. The largest absolute Gasteiger partial charge is 0.399 e. The van der Waals surface area contributed by atoms with Gasteiger partial charge in [0.15, 0.2) is 0 Å². The summed E-state index contributed by atoms with van der Waals surface area (Å²) in [5.74, 6) is 0. The number of fused-ring (bicyclic) bond motifs is 3. The second-order valence-corrected chi connectivity index (χ2v) is 7.19. The number of nitrogens with zero attached hydrogens (tertiary/aromatic N) is 1. The Balaban J connectivity index is 2.10. The summed E-state index contributed by atoms with van der Waals surface area (Å²) in [7, 11) is 0. The molecule has 2 aliphatic rings. The van der Waals surface area contributed by atoms with Crippen molar-refractivity contribution in [2.75, 3.05) is 5.73 Å². The first-order valence-electron chi connectivity index (χ1n) is 9.07. The molecule has 2 heteroatoms. The van der Waals surface area contributed by atoms with Gasteiger partial charge in [0.25, 0.3) is 0 Å². The van der Waals surface area contributed by atoms with E-state index in [0.29, 0.717) is 0 Å². The molecule has 27 heavy (non-hydrogen) atoms. The molecule has 2 nitrogen and oxygen atoms in total. The van der Waals surface area contributed by atoms with Crippen molar-refractivity contribution in [2.24, 2.45) is 0 Å². The van der Waals surface area contributed by atoms with Crippen molar-refractivity contribution in [3.8, 4) is 28.3 Å². The number of rotatable bonds is 1. The van der Waals surface area contributed by atoms with Crippen LogP contribution in [0.3, 0.4) is 0 Å². The van der Waals surface area contributed by atoms with E-state index in [1.165, 1.54) is 38.2 Å². The van der Waals surface area contributed by atoms with Crippen molar-refractivity contribution >= 4 is 32.8 Å². The van der Waals surface area contributed by atoms with Crippen LogP contribution in [0.25, 0.3) is 49.4 Å². The highest BCUT2D eigenvalue weighted by Crippen LogP contribution is 2.48. The fourth-order valence-corrected chi connectivity index (χ4v) is 4.58. The number of hydrogen-bond acceptors (Lipinski definition) is 2. The van der Waals surface area contributed by atoms with E-state index in [4.69, 9.17) is 5.73 Å². The Morgan fingerprint density at radius 2 is 1.48 bits per heavy atom. The minimum atomic E-state index is 0.742. The fraction of sp³-hybridized carbons (Fsp3) is 0.0800. The van der Waals surface area contributed by atoms with Gasteiger partial charge in [-0.2, -0.15) is 5.26 Å². The van der Waals surface area contributed by atoms with Crippen LogP contribution in [0.2, 0.25) is 0 Å². The van der Waals surface area contributed by atoms with Crippen molar-refractivity contribution < 1.29 is 0 Å². The number of benzene rings is 3. The molecule has 0 radical (unpaired) electrons. The molecular formula is C25H18N2. The van der Waals surface area contributed by atoms with Gasteiger partial charge in [-0.3, -0.25) is 0 Å². The van der Waals surface area contributed by atoms with Crippen molar-refractivity contribution in [3.05, 3.63) is 71.4 Å². The van der Waals surface area contributed by atoms with Crippen LogP contribution < -0.4 is 11.0 Å². The number of nitrogen functional groups attached to an aromatic ring is 1. The molecule has 0 atom stereocenters. The zero-order chi connectivity index (χ0) is 18.7. The molecule has 0 aromatic heterocycles. The highest BCUT2D eigenvalue weighted by atomic mass is 14.5. The molecule has 2 N–H and O–H groups in total. The third-order valence-corrected chi connectivity index (χ3v) is 5.69. The molecule has 128 valence electrons. The van der Waals surface area contributed by atoms with Gasteiger partial charge >= 0.3 is 0 Å². The Labute approximate surface area is 157 Å². The summed E-state index contributed by atoms with van der Waals surface area (Å²) in [6.07, 6.45) is 0. The van der Waals surface area contributed by atoms with Crippen LogP contribution >= 0.6 is 0 Å². The maximum absolute atomic E-state index is 9.66. The summed E-state index contributed by atoms with van der Waals surface area (Å²) in [5, 5.41) is 15.8. The van der Waals surface area contributed by atoms with Crippen molar-refractivity contribution in [1.82, 2.24) is 0 Å². The van der Waals surface area contributed by atoms with Gasteiger partial charge < -0.3 is 5.73 Å². The van der Waals surface area contributed by atoms with E-state index in [1.54, 1.807) is 0 Å². The quantitative estimate of drug-likeness (QED) is 0.407. The number of nitrogens with two attached hydrogens (primary N) is 1. The smallest absolute Gasteiger partial charge is 0.0950 e. The summed E-state index contributed by atoms with van der Waals surface area (Å²) < 4.78 is 0. The van der Waals surface area contributed by atoms with Gasteiger partial charge in [0.05, 0.1) is 6.07 Å². The fourth-order valence-electron chi connectivity index (χ4n) is 4.58. The average molecular weight is 346 g/mol. The SMILES string of the molecule is C/C(C#N)=c1/c(C)c2c3cccc4cccc(c-2c1-c1ccc(N)cc1)c43. The van der Waals surface area contributed by atoms with E-state index in [0.717, 1.165) is 27.6 Å². The number of anilines is 1. The highest BCUT2D eigenvalue weighted by Gasteiger charge is 2.26. The van der Waals surface area contributed by atoms with Crippen LogP contribution in [0.4, 0.5) is 5.69 Å². The molecular weight excluding hydrogens is 328 g/mol. The molecule has 2 aliphatic carbocycles. The molecule has 0 saturated carbocycles. The predicted octanol–water partition coefficient (Wildman–Crippen LogP) is 5.51. The van der Waals surface area contributed by atoms with Crippen LogP contribution in [0, 0.1) is 18.3 Å². The van der Waals surface area contributed by atoms with Gasteiger partial charge in [0, 0.05) is 11.3 Å². The lowest BCUT2D eigenvalue weighted by molar-refractivity contribution is 1.45. The van der Waals surface area contributed by atoms with E-state index in [-0.39, 0.29) is 0 Å². The van der Waals surface area contributed by atoms with Crippen LogP contribution in [-0.2, 0) is 0 Å². The Kier molecular flexibility index (Phi) is 3.17. The van der Waals surface area contributed by atoms with Crippen molar-refractivity contribution in [1.29, 1.82) is 5.26 Å². The van der Waals surface area contributed by atoms with Gasteiger partial charge in [-0.05, 0) is 80.6 Å². The van der Waals surface area contributed by atoms with Crippen LogP contribution in [0.15, 0.2) is 60.7 Å². The lowest BCUT2D eigenvalue weighted by Crippen LogP contribution is -2.07. The topological polar surface area (TPSA) is 49.8 Å². The lowest BCUT2D eigenvalue weighted by atomic mass is 9.98. The molecule has 0 aliphatic heterocycles. The van der Waals surface area contributed by atoms with Crippen LogP contribution in [0.5, 0.6) is 0 Å². The first kappa shape index (κ1) is 15.7. The molecule has 3 aromatic carbocycles. The summed E-state index contributed by atoms with van der Waals surface area (Å²) in [4.78, 5) is 0. The molecule has 5 rings (SSSR count). The van der Waals surface area contributed by atoms with E-state index in [2.05, 4.69) is 61.5 Å². The standard InChI is InChI=1S/C25H18N2/c1-14(13-26)21-15(2)22-19-7-3-5-16-6-4-8-20(23(16)19)25(22)24(21)17-9-11-18(27)12-10-17/h3-12H,27H2,1-2H3/b21-14+. The second kappa shape index (κ2) is 5.46. The minimum absolute atomic E-state index is 0.742. The van der Waals surface area contributed by atoms with Crippen molar-refractivity contribution in [2.45, 2.75) is 13.8 Å². The zero-order valence-electron chi connectivity index (χ0n) is 15.3. The second-order valence-electron chi connectivity index (χ2n) is 7.19. The lowest BCUT2D eigenvalue weighted by Gasteiger charge is -2.05. The van der Waals surface area contributed by atoms with E-state index >= 15 is 0 Å². The number of nitriles is 1. The van der Waals surface area contributed by atoms with Crippen molar-refractivity contribution in [3.63, 3.8) is 0 Å². The first-order chi connectivity index (χ1) is 13.1. The average Bonchev–Trinajstić information content (AvgIpc) is 3.18. The third kappa shape index (κ3) is 2.00. The van der Waals surface area contributed by atoms with Gasteiger partial charge in [0.2, 0.25) is 0 Å². The molecule has 0 bridgehead atoms. The predicted molar refractivity (Wildman–Crippen MR) is 114 cm³/mol. The van der Waals surface area contributed by atoms with E-state index < -0.39 is 0 Å².